The minimum atomic E-state index is -5.00. The summed E-state index contributed by atoms with van der Waals surface area (Å²) in [6.07, 6.45) is 0. The maximum Gasteiger partial charge on any atom is 1.00 e. The first-order chi connectivity index (χ1) is 23.5. The van der Waals surface area contributed by atoms with E-state index in [1.54, 1.807) is 26.8 Å². The molecule has 0 fully saturated rings. The summed E-state index contributed by atoms with van der Waals surface area (Å²) in [6, 6.07) is 16.9. The van der Waals surface area contributed by atoms with Gasteiger partial charge in [-0.05, 0) is 102 Å². The summed E-state index contributed by atoms with van der Waals surface area (Å²) < 4.78 is 73.9. The molecule has 0 saturated heterocycles. The molecule has 0 saturated carbocycles. The van der Waals surface area contributed by atoms with E-state index in [0.717, 1.165) is 6.07 Å². The summed E-state index contributed by atoms with van der Waals surface area (Å²) >= 11 is 0. The summed E-state index contributed by atoms with van der Waals surface area (Å²) in [5.74, 6) is -1.40. The van der Waals surface area contributed by atoms with Gasteiger partial charge in [0, 0.05) is 11.8 Å². The molecule has 19 heteroatoms. The zero-order valence-corrected chi connectivity index (χ0v) is 34.4. The molecule has 4 N–H and O–H groups in total. The van der Waals surface area contributed by atoms with Crippen molar-refractivity contribution >= 4 is 71.0 Å². The van der Waals surface area contributed by atoms with Crippen molar-refractivity contribution in [2.75, 3.05) is 12.8 Å². The summed E-state index contributed by atoms with van der Waals surface area (Å²) in [5, 5.41) is 42.4. The zero-order chi connectivity index (χ0) is 36.5. The van der Waals surface area contributed by atoms with Gasteiger partial charge in [0.15, 0.2) is 0 Å². The second-order valence-corrected chi connectivity index (χ2v) is 13.9. The van der Waals surface area contributed by atoms with Gasteiger partial charge in [-0.2, -0.15) is 21.9 Å². The topological polar surface area (TPSA) is 252 Å². The van der Waals surface area contributed by atoms with Gasteiger partial charge in [0.25, 0.3) is 20.2 Å². The Morgan fingerprint density at radius 1 is 0.731 bits per heavy atom. The van der Waals surface area contributed by atoms with Gasteiger partial charge in [0.1, 0.15) is 26.9 Å². The van der Waals surface area contributed by atoms with Crippen LogP contribution in [0.1, 0.15) is 22.3 Å². The summed E-state index contributed by atoms with van der Waals surface area (Å²) in [5.41, 5.74) is 7.52. The molecule has 5 aromatic rings. The molecular weight excluding hydrogens is 735 g/mol. The Hall–Kier alpha value is -3.75. The molecule has 258 valence electrons. The van der Waals surface area contributed by atoms with E-state index in [0.29, 0.717) is 22.4 Å². The Kier molecular flexibility index (Phi) is 13.9. The Morgan fingerprint density at radius 3 is 1.94 bits per heavy atom. The van der Waals surface area contributed by atoms with E-state index in [4.69, 9.17) is 10.5 Å². The van der Waals surface area contributed by atoms with Gasteiger partial charge in [0.05, 0.1) is 24.2 Å². The predicted octanol–water partition coefficient (Wildman–Crippen LogP) is 0.200. The van der Waals surface area contributed by atoms with Crippen LogP contribution in [0, 0.1) is 20.8 Å². The zero-order valence-electron chi connectivity index (χ0n) is 28.8. The third-order valence-corrected chi connectivity index (χ3v) is 9.12. The number of nitrogen functional groups attached to an aromatic ring is 1. The number of rotatable bonds is 9. The van der Waals surface area contributed by atoms with Crippen molar-refractivity contribution in [2.45, 2.75) is 30.6 Å². The van der Waals surface area contributed by atoms with E-state index in [1.807, 2.05) is 0 Å². The molecular formula is C33H28N6Na2O9S2. The van der Waals surface area contributed by atoms with Crippen molar-refractivity contribution in [2.24, 2.45) is 25.4 Å². The molecule has 0 heterocycles. The number of azo groups is 2. The van der Waals surface area contributed by atoms with Gasteiger partial charge < -0.3 is 20.7 Å². The van der Waals surface area contributed by atoms with Gasteiger partial charge >= 0.3 is 59.1 Å². The van der Waals surface area contributed by atoms with Crippen molar-refractivity contribution < 1.29 is 100 Å². The van der Waals surface area contributed by atoms with Crippen LogP contribution in [-0.2, 0) is 20.2 Å². The minimum Gasteiger partial charge on any atom is -0.871 e. The second-order valence-electron chi connectivity index (χ2n) is 11.1. The molecule has 0 aliphatic carbocycles. The number of ether oxygens (including phenoxy) is 1. The van der Waals surface area contributed by atoms with Gasteiger partial charge in [-0.25, -0.2) is 0 Å². The molecule has 5 aromatic carbocycles. The number of aliphatic imine (C=N–C) groups is 1. The van der Waals surface area contributed by atoms with E-state index in [2.05, 4.69) is 25.4 Å². The molecule has 0 atom stereocenters. The van der Waals surface area contributed by atoms with Crippen LogP contribution in [0.3, 0.4) is 0 Å². The van der Waals surface area contributed by atoms with Crippen molar-refractivity contribution in [1.29, 1.82) is 0 Å². The molecule has 0 bridgehead atoms. The SMILES string of the molecule is COc1cc(N=Nc2c(C)cc(C)cc2S(=O)(=O)O)c(C)cc1N=Nc1c(S(=O)(=O)O)cc2cc(N=C([O-])c3ccc(N)cc3)ccc2c1[O-].[Na+].[Na+]. The van der Waals surface area contributed by atoms with E-state index < -0.39 is 47.4 Å². The quantitative estimate of drug-likeness (QED) is 0.0459. The molecule has 0 aromatic heterocycles. The molecule has 0 radical (unpaired) electrons. The summed E-state index contributed by atoms with van der Waals surface area (Å²) in [6.45, 7) is 4.90. The largest absolute Gasteiger partial charge is 1.00 e. The fourth-order valence-electron chi connectivity index (χ4n) is 4.96. The van der Waals surface area contributed by atoms with Gasteiger partial charge in [-0.1, -0.05) is 30.0 Å². The molecule has 0 amide bonds. The third-order valence-electron chi connectivity index (χ3n) is 7.38. The van der Waals surface area contributed by atoms with E-state index in [1.165, 1.54) is 67.8 Å². The molecule has 0 aliphatic heterocycles. The third kappa shape index (κ3) is 9.61. The first-order valence-corrected chi connectivity index (χ1v) is 17.3. The molecule has 0 aliphatic rings. The van der Waals surface area contributed by atoms with Gasteiger partial charge in [0.2, 0.25) is 0 Å². The fraction of sp³-hybridized carbons (Fsp3) is 0.121. The molecule has 52 heavy (non-hydrogen) atoms. The number of fused-ring (bicyclic) bond motifs is 1. The predicted molar refractivity (Wildman–Crippen MR) is 182 cm³/mol. The molecule has 0 spiro atoms. The number of nitrogens with two attached hydrogens (primary N) is 1. The number of hydrogen-bond acceptors (Lipinski definition) is 13. The summed E-state index contributed by atoms with van der Waals surface area (Å²) in [4.78, 5) is 2.77. The molecule has 15 nitrogen and oxygen atoms in total. The average Bonchev–Trinajstić information content (AvgIpc) is 3.03. The van der Waals surface area contributed by atoms with Crippen LogP contribution >= 0.6 is 0 Å². The van der Waals surface area contributed by atoms with E-state index in [9.17, 15) is 36.2 Å². The van der Waals surface area contributed by atoms with Gasteiger partial charge in [-0.15, -0.1) is 15.3 Å². The molecule has 0 unspecified atom stereocenters. The number of anilines is 1. The van der Waals surface area contributed by atoms with E-state index >= 15 is 0 Å². The number of benzene rings is 5. The van der Waals surface area contributed by atoms with Crippen LogP contribution in [0.25, 0.3) is 10.8 Å². The number of methoxy groups -OCH3 is 1. The van der Waals surface area contributed by atoms with Crippen molar-refractivity contribution in [3.05, 3.63) is 95.1 Å². The Bertz CT molecular complexity index is 2490. The van der Waals surface area contributed by atoms with Crippen LogP contribution in [0.5, 0.6) is 11.5 Å². The summed E-state index contributed by atoms with van der Waals surface area (Å²) in [7, 11) is -8.30. The van der Waals surface area contributed by atoms with Crippen LogP contribution < -0.4 is 79.8 Å². The second kappa shape index (κ2) is 16.9. The number of hydrogen-bond donors (Lipinski definition) is 3. The molecule has 5 rings (SSSR count). The van der Waals surface area contributed by atoms with Crippen molar-refractivity contribution in [3.8, 4) is 11.5 Å². The maximum atomic E-state index is 13.5. The Balaban J connectivity index is 0.00000364. The van der Waals surface area contributed by atoms with Gasteiger partial charge in [-0.3, -0.25) is 14.1 Å². The first kappa shape index (κ1) is 42.7. The maximum absolute atomic E-state index is 13.5. The number of nitrogens with zero attached hydrogens (tertiary/aromatic N) is 5. The fourth-order valence-corrected chi connectivity index (χ4v) is 6.39. The first-order valence-electron chi connectivity index (χ1n) is 14.4. The smallest absolute Gasteiger partial charge is 0.871 e. The Morgan fingerprint density at radius 2 is 1.33 bits per heavy atom. The van der Waals surface area contributed by atoms with E-state index in [-0.39, 0.29) is 104 Å². The Labute approximate surface area is 343 Å². The van der Waals surface area contributed by atoms with Crippen molar-refractivity contribution in [1.82, 2.24) is 0 Å². The number of aryl methyl sites for hydroxylation is 3. The minimum absolute atomic E-state index is 0. The standard InChI is InChI=1S/C33H30N6O9S2.2Na/c1-17-11-19(3)30(28(12-17)49(42,43)44)38-36-25-16-27(48-4)26(13-18(25)2)37-39-31-29(50(45,46)47)15-21-14-23(9-10-24(21)32(31)40)35-33(41)20-5-7-22(34)8-6-20;;/h5-16,40H,34H2,1-4H3,(H,35,41)(H,42,43,44)(H,45,46,47);;/q;2*+1/p-2. The van der Waals surface area contributed by atoms with Crippen molar-refractivity contribution in [3.63, 3.8) is 0 Å². The van der Waals surface area contributed by atoms with Crippen LogP contribution in [-0.4, -0.2) is 38.9 Å². The van der Waals surface area contributed by atoms with Crippen LogP contribution in [0.4, 0.5) is 34.1 Å². The van der Waals surface area contributed by atoms with Crippen LogP contribution in [0.15, 0.2) is 108 Å². The van der Waals surface area contributed by atoms with Crippen LogP contribution in [0.2, 0.25) is 0 Å². The average molecular weight is 763 g/mol. The monoisotopic (exact) mass is 762 g/mol. The normalized spacial score (nSPS) is 12.2.